The van der Waals surface area contributed by atoms with Crippen molar-refractivity contribution in [1.82, 2.24) is 0 Å². The van der Waals surface area contributed by atoms with Gasteiger partial charge in [-0.25, -0.2) is 0 Å². The maximum Gasteiger partial charge on any atom is 0.153 e. The van der Waals surface area contributed by atoms with Crippen LogP contribution < -0.4 is 21.2 Å². The van der Waals surface area contributed by atoms with Gasteiger partial charge in [0.15, 0.2) is 7.14 Å². The number of carbonyl (C=O) groups excluding carboxylic acids is 1. The molecule has 0 aliphatic heterocycles. The molecule has 4 heteroatoms. The SMILES string of the molecule is O=C(CCc1ccccc1)C(CP(c1ccccc1)c1ccccc1)P(=O)(c1ccccc1)c1ccccc1. The standard InChI is InChI=1S/C35H32O2P2/c36-34(27-26-29-16-6-1-7-17-29)35(28-38(30-18-8-2-9-19-30)31-20-10-3-11-21-31)39(37,32-22-12-4-13-23-32)33-24-14-5-15-25-33/h1-25,35H,26-28H2. The minimum atomic E-state index is -3.34. The molecule has 0 spiro atoms. The molecule has 0 N–H and O–H groups in total. The fraction of sp³-hybridized carbons (Fsp3) is 0.114. The first-order chi connectivity index (χ1) is 19.2. The Kier molecular flexibility index (Phi) is 9.00. The molecule has 0 aromatic heterocycles. The van der Waals surface area contributed by atoms with Gasteiger partial charge in [-0.2, -0.15) is 0 Å². The number of aryl methyl sites for hydroxylation is 1. The van der Waals surface area contributed by atoms with Crippen molar-refractivity contribution in [2.45, 2.75) is 18.5 Å². The second-order valence-electron chi connectivity index (χ2n) is 9.58. The Morgan fingerprint density at radius 2 is 0.949 bits per heavy atom. The highest BCUT2D eigenvalue weighted by Gasteiger charge is 2.42. The average Bonchev–Trinajstić information content (AvgIpc) is 3.02. The summed E-state index contributed by atoms with van der Waals surface area (Å²) in [6.07, 6.45) is 1.51. The van der Waals surface area contributed by atoms with E-state index in [0.717, 1.165) is 16.2 Å². The lowest BCUT2D eigenvalue weighted by Gasteiger charge is -2.31. The molecule has 1 atom stereocenters. The lowest BCUT2D eigenvalue weighted by Crippen LogP contribution is -2.36. The summed E-state index contributed by atoms with van der Waals surface area (Å²) in [5.41, 5.74) is 0.477. The van der Waals surface area contributed by atoms with Crippen LogP contribution in [0.5, 0.6) is 0 Å². The van der Waals surface area contributed by atoms with Crippen LogP contribution in [-0.2, 0) is 15.8 Å². The van der Waals surface area contributed by atoms with Crippen LogP contribution in [0.3, 0.4) is 0 Å². The summed E-state index contributed by atoms with van der Waals surface area (Å²) < 4.78 is 15.6. The number of carbonyl (C=O) groups is 1. The van der Waals surface area contributed by atoms with E-state index < -0.39 is 20.7 Å². The van der Waals surface area contributed by atoms with E-state index in [9.17, 15) is 4.79 Å². The van der Waals surface area contributed by atoms with Crippen LogP contribution in [0.15, 0.2) is 152 Å². The number of rotatable bonds is 11. The van der Waals surface area contributed by atoms with Crippen LogP contribution in [0, 0.1) is 0 Å². The van der Waals surface area contributed by atoms with Crippen molar-refractivity contribution in [2.24, 2.45) is 0 Å². The van der Waals surface area contributed by atoms with Gasteiger partial charge in [0.2, 0.25) is 0 Å². The Morgan fingerprint density at radius 3 is 1.38 bits per heavy atom. The van der Waals surface area contributed by atoms with Gasteiger partial charge < -0.3 is 4.57 Å². The van der Waals surface area contributed by atoms with Crippen LogP contribution >= 0.6 is 15.1 Å². The van der Waals surface area contributed by atoms with Crippen molar-refractivity contribution in [2.75, 3.05) is 6.16 Å². The normalized spacial score (nSPS) is 12.2. The smallest absolute Gasteiger partial charge is 0.153 e. The van der Waals surface area contributed by atoms with Crippen molar-refractivity contribution in [3.63, 3.8) is 0 Å². The van der Waals surface area contributed by atoms with Crippen LogP contribution in [0.1, 0.15) is 12.0 Å². The van der Waals surface area contributed by atoms with Gasteiger partial charge in [-0.3, -0.25) is 4.79 Å². The third-order valence-corrected chi connectivity index (χ3v) is 13.4. The van der Waals surface area contributed by atoms with Gasteiger partial charge in [0.1, 0.15) is 5.78 Å². The average molecular weight is 547 g/mol. The molecule has 194 valence electrons. The molecule has 0 saturated heterocycles. The molecule has 5 aromatic rings. The molecule has 0 aliphatic rings. The highest BCUT2D eigenvalue weighted by Crippen LogP contribution is 2.53. The van der Waals surface area contributed by atoms with Crippen LogP contribution in [0.25, 0.3) is 0 Å². The number of hydrogen-bond donors (Lipinski definition) is 0. The lowest BCUT2D eigenvalue weighted by molar-refractivity contribution is -0.118. The molecule has 5 aromatic carbocycles. The fourth-order valence-corrected chi connectivity index (χ4v) is 11.6. The Balaban J connectivity index is 1.63. The first-order valence-electron chi connectivity index (χ1n) is 13.3. The summed E-state index contributed by atoms with van der Waals surface area (Å²) >= 11 is 0. The number of ketones is 1. The lowest BCUT2D eigenvalue weighted by atomic mass is 10.1. The Bertz CT molecular complexity index is 1420. The molecule has 2 nitrogen and oxygen atoms in total. The molecule has 5 rings (SSSR count). The molecule has 0 bridgehead atoms. The monoisotopic (exact) mass is 546 g/mol. The minimum Gasteiger partial charge on any atom is -0.313 e. The maximum atomic E-state index is 15.6. The first kappa shape index (κ1) is 27.0. The topological polar surface area (TPSA) is 34.1 Å². The molecule has 0 radical (unpaired) electrons. The van der Waals surface area contributed by atoms with E-state index in [4.69, 9.17) is 0 Å². The largest absolute Gasteiger partial charge is 0.313 e. The zero-order valence-corrected chi connectivity index (χ0v) is 23.6. The Hall–Kier alpha value is -3.57. The van der Waals surface area contributed by atoms with E-state index in [0.29, 0.717) is 19.0 Å². The van der Waals surface area contributed by atoms with Gasteiger partial charge in [-0.1, -0.05) is 152 Å². The summed E-state index contributed by atoms with van der Waals surface area (Å²) in [6, 6.07) is 50.2. The molecule has 39 heavy (non-hydrogen) atoms. The minimum absolute atomic E-state index is 0.0641. The summed E-state index contributed by atoms with van der Waals surface area (Å²) in [4.78, 5) is 14.3. The first-order valence-corrected chi connectivity index (χ1v) is 16.6. The summed E-state index contributed by atoms with van der Waals surface area (Å²) in [6.45, 7) is 0. The fourth-order valence-electron chi connectivity index (χ4n) is 5.05. The molecule has 0 fully saturated rings. The predicted molar refractivity (Wildman–Crippen MR) is 167 cm³/mol. The Morgan fingerprint density at radius 1 is 0.564 bits per heavy atom. The molecule has 0 aliphatic carbocycles. The highest BCUT2D eigenvalue weighted by molar-refractivity contribution is 7.81. The third kappa shape index (κ3) is 6.36. The predicted octanol–water partition coefficient (Wildman–Crippen LogP) is 6.70. The zero-order chi connectivity index (χ0) is 26.9. The van der Waals surface area contributed by atoms with Crippen molar-refractivity contribution in [1.29, 1.82) is 0 Å². The second-order valence-corrected chi connectivity index (χ2v) is 14.8. The van der Waals surface area contributed by atoms with Gasteiger partial charge in [0.05, 0.1) is 5.66 Å². The summed E-state index contributed by atoms with van der Waals surface area (Å²) in [5, 5.41) is 3.86. The van der Waals surface area contributed by atoms with E-state index in [2.05, 4.69) is 36.4 Å². The molecule has 0 saturated carbocycles. The molecular formula is C35H32O2P2. The number of benzene rings is 5. The summed E-state index contributed by atoms with van der Waals surface area (Å²) in [7, 11) is -4.27. The number of hydrogen-bond acceptors (Lipinski definition) is 2. The van der Waals surface area contributed by atoms with Gasteiger partial charge in [0, 0.05) is 17.0 Å². The third-order valence-electron chi connectivity index (χ3n) is 7.08. The van der Waals surface area contributed by atoms with Gasteiger partial charge in [-0.15, -0.1) is 0 Å². The molecule has 0 heterocycles. The van der Waals surface area contributed by atoms with Crippen molar-refractivity contribution >= 4 is 42.1 Å². The van der Waals surface area contributed by atoms with Crippen LogP contribution in [0.2, 0.25) is 0 Å². The van der Waals surface area contributed by atoms with Crippen molar-refractivity contribution in [3.05, 3.63) is 157 Å². The molecular weight excluding hydrogens is 514 g/mol. The maximum absolute atomic E-state index is 15.6. The van der Waals surface area contributed by atoms with E-state index in [1.807, 2.05) is 115 Å². The van der Waals surface area contributed by atoms with E-state index >= 15 is 4.57 Å². The van der Waals surface area contributed by atoms with Crippen LogP contribution in [-0.4, -0.2) is 17.6 Å². The Labute approximate surface area is 232 Å². The van der Waals surface area contributed by atoms with Crippen LogP contribution in [0.4, 0.5) is 0 Å². The van der Waals surface area contributed by atoms with E-state index in [1.54, 1.807) is 0 Å². The van der Waals surface area contributed by atoms with Gasteiger partial charge in [0.25, 0.3) is 0 Å². The van der Waals surface area contributed by atoms with Crippen molar-refractivity contribution in [3.8, 4) is 0 Å². The summed E-state index contributed by atoms with van der Waals surface area (Å²) in [5.74, 6) is 0.0641. The molecule has 1 unspecified atom stereocenters. The van der Waals surface area contributed by atoms with Gasteiger partial charge in [-0.05, 0) is 36.7 Å². The highest BCUT2D eigenvalue weighted by atomic mass is 31.2. The van der Waals surface area contributed by atoms with Crippen molar-refractivity contribution < 1.29 is 9.36 Å². The second kappa shape index (κ2) is 13.0. The van der Waals surface area contributed by atoms with E-state index in [-0.39, 0.29) is 5.78 Å². The zero-order valence-electron chi connectivity index (χ0n) is 21.8. The van der Waals surface area contributed by atoms with Gasteiger partial charge >= 0.3 is 0 Å². The van der Waals surface area contributed by atoms with E-state index in [1.165, 1.54) is 10.6 Å². The molecule has 0 amide bonds. The number of Topliss-reactive ketones (excluding diaryl/α,β-unsaturated/α-hetero) is 1. The quantitative estimate of drug-likeness (QED) is 0.173.